The summed E-state index contributed by atoms with van der Waals surface area (Å²) in [6.45, 7) is 0. The Balaban J connectivity index is 2.64. The Labute approximate surface area is 82.2 Å². The first-order chi connectivity index (χ1) is 6.50. The number of hydrogen-bond donors (Lipinski definition) is 1. The summed E-state index contributed by atoms with van der Waals surface area (Å²) in [7, 11) is -3.32. The zero-order chi connectivity index (χ0) is 10.3. The highest BCUT2D eigenvalue weighted by Gasteiger charge is 2.26. The molecule has 1 aromatic heterocycles. The van der Waals surface area contributed by atoms with E-state index < -0.39 is 9.84 Å². The van der Waals surface area contributed by atoms with Gasteiger partial charge in [-0.3, -0.25) is 0 Å². The maximum atomic E-state index is 11.3. The first-order valence-corrected chi connectivity index (χ1v) is 6.39. The lowest BCUT2D eigenvalue weighted by Gasteiger charge is -2.10. The molecule has 0 aromatic carbocycles. The molecule has 1 aliphatic rings. The van der Waals surface area contributed by atoms with E-state index in [0.29, 0.717) is 28.9 Å². The molecule has 0 fully saturated rings. The Morgan fingerprint density at radius 2 is 2.00 bits per heavy atom. The molecule has 0 radical (unpaired) electrons. The second kappa shape index (κ2) is 2.98. The van der Waals surface area contributed by atoms with Crippen LogP contribution in [0.1, 0.15) is 24.1 Å². The van der Waals surface area contributed by atoms with Gasteiger partial charge in [-0.15, -0.1) is 9.94 Å². The third-order valence-corrected chi connectivity index (χ3v) is 3.51. The van der Waals surface area contributed by atoms with Crippen LogP contribution >= 0.6 is 0 Å². The van der Waals surface area contributed by atoms with Gasteiger partial charge in [0.05, 0.1) is 5.69 Å². The van der Waals surface area contributed by atoms with Gasteiger partial charge in [0.25, 0.3) is 0 Å². The van der Waals surface area contributed by atoms with E-state index in [1.54, 1.807) is 0 Å². The molecule has 6 heteroatoms. The van der Waals surface area contributed by atoms with E-state index in [1.807, 2.05) is 0 Å². The summed E-state index contributed by atoms with van der Waals surface area (Å²) in [5, 5.41) is 13.1. The molecule has 14 heavy (non-hydrogen) atoms. The summed E-state index contributed by atoms with van der Waals surface area (Å²) in [6, 6.07) is 0. The van der Waals surface area contributed by atoms with Gasteiger partial charge in [-0.25, -0.2) is 8.42 Å². The summed E-state index contributed by atoms with van der Waals surface area (Å²) in [5.74, 6) is 0. The van der Waals surface area contributed by atoms with E-state index >= 15 is 0 Å². The molecular formula is C8H12N2O3S. The van der Waals surface area contributed by atoms with Crippen molar-refractivity contribution in [2.45, 2.75) is 30.7 Å². The van der Waals surface area contributed by atoms with E-state index in [4.69, 9.17) is 0 Å². The fourth-order valence-electron chi connectivity index (χ4n) is 1.85. The highest BCUT2D eigenvalue weighted by atomic mass is 32.2. The van der Waals surface area contributed by atoms with E-state index in [1.165, 1.54) is 0 Å². The van der Waals surface area contributed by atoms with Crippen LogP contribution in [0.3, 0.4) is 0 Å². The summed E-state index contributed by atoms with van der Waals surface area (Å²) < 4.78 is 22.7. The predicted octanol–water partition coefficient (Wildman–Crippen LogP) is 0.403. The fraction of sp³-hybridized carbons (Fsp3) is 0.625. The number of rotatable bonds is 1. The molecule has 0 atom stereocenters. The quantitative estimate of drug-likeness (QED) is 0.690. The van der Waals surface area contributed by atoms with Crippen molar-refractivity contribution in [3.05, 3.63) is 11.3 Å². The number of hydrogen-bond acceptors (Lipinski definition) is 4. The maximum absolute atomic E-state index is 11.3. The average Bonchev–Trinajstić information content (AvgIpc) is 2.44. The lowest BCUT2D eigenvalue weighted by molar-refractivity contribution is 0.135. The lowest BCUT2D eigenvalue weighted by Crippen LogP contribution is -2.07. The van der Waals surface area contributed by atoms with E-state index in [9.17, 15) is 13.6 Å². The van der Waals surface area contributed by atoms with Gasteiger partial charge in [0.2, 0.25) is 0 Å². The van der Waals surface area contributed by atoms with Crippen molar-refractivity contribution < 1.29 is 13.6 Å². The minimum Gasteiger partial charge on any atom is -0.411 e. The Kier molecular flexibility index (Phi) is 2.02. The van der Waals surface area contributed by atoms with Crippen LogP contribution in [-0.2, 0) is 22.7 Å². The fourth-order valence-corrected chi connectivity index (χ4v) is 2.74. The first kappa shape index (κ1) is 9.51. The predicted molar refractivity (Wildman–Crippen MR) is 49.2 cm³/mol. The molecule has 0 saturated carbocycles. The van der Waals surface area contributed by atoms with Gasteiger partial charge in [-0.05, 0) is 25.7 Å². The summed E-state index contributed by atoms with van der Waals surface area (Å²) in [6.07, 6.45) is 4.44. The number of aromatic nitrogens is 2. The number of nitrogens with zero attached hydrogens (tertiary/aromatic N) is 2. The normalized spacial score (nSPS) is 16.6. The molecule has 1 aromatic rings. The molecule has 0 saturated heterocycles. The van der Waals surface area contributed by atoms with Crippen LogP contribution in [0.4, 0.5) is 0 Å². The molecule has 0 bridgehead atoms. The number of sulfone groups is 1. The van der Waals surface area contributed by atoms with Crippen LogP contribution in [0.5, 0.6) is 0 Å². The standard InChI is InChI=1S/C8H12N2O3S/c1-14(12,13)8-6-4-2-3-5-7(6)10(11)9-8/h11H,2-5H2,1H3. The first-order valence-electron chi connectivity index (χ1n) is 4.50. The van der Waals surface area contributed by atoms with Gasteiger partial charge in [0.1, 0.15) is 0 Å². The molecule has 1 N–H and O–H groups in total. The highest BCUT2D eigenvalue weighted by molar-refractivity contribution is 7.90. The minimum atomic E-state index is -3.32. The van der Waals surface area contributed by atoms with Crippen LogP contribution in [0.2, 0.25) is 0 Å². The molecule has 0 unspecified atom stereocenters. The molecule has 78 valence electrons. The summed E-state index contributed by atoms with van der Waals surface area (Å²) >= 11 is 0. The van der Waals surface area contributed by atoms with Crippen LogP contribution in [0.25, 0.3) is 0 Å². The summed E-state index contributed by atoms with van der Waals surface area (Å²) in [4.78, 5) is 0.713. The second-order valence-electron chi connectivity index (χ2n) is 3.60. The zero-order valence-corrected chi connectivity index (χ0v) is 8.71. The van der Waals surface area contributed by atoms with Crippen molar-refractivity contribution >= 4 is 9.84 Å². The largest absolute Gasteiger partial charge is 0.411 e. The molecule has 0 aliphatic heterocycles. The molecular weight excluding hydrogens is 204 g/mol. The Morgan fingerprint density at radius 1 is 1.36 bits per heavy atom. The minimum absolute atomic E-state index is 0.0368. The van der Waals surface area contributed by atoms with Gasteiger partial charge in [0, 0.05) is 11.8 Å². The zero-order valence-electron chi connectivity index (χ0n) is 7.89. The maximum Gasteiger partial charge on any atom is 0.195 e. The van der Waals surface area contributed by atoms with E-state index in [0.717, 1.165) is 19.1 Å². The average molecular weight is 216 g/mol. The van der Waals surface area contributed by atoms with Crippen molar-refractivity contribution in [1.29, 1.82) is 0 Å². The molecule has 1 aliphatic carbocycles. The molecule has 1 heterocycles. The monoisotopic (exact) mass is 216 g/mol. The van der Waals surface area contributed by atoms with E-state index in [2.05, 4.69) is 5.10 Å². The Bertz CT molecular complexity index is 461. The van der Waals surface area contributed by atoms with Gasteiger partial charge in [-0.1, -0.05) is 0 Å². The van der Waals surface area contributed by atoms with Crippen molar-refractivity contribution in [2.75, 3.05) is 6.26 Å². The van der Waals surface area contributed by atoms with E-state index in [-0.39, 0.29) is 5.03 Å². The van der Waals surface area contributed by atoms with Crippen LogP contribution < -0.4 is 0 Å². The lowest BCUT2D eigenvalue weighted by atomic mass is 9.98. The highest BCUT2D eigenvalue weighted by Crippen LogP contribution is 2.26. The Morgan fingerprint density at radius 3 is 2.64 bits per heavy atom. The van der Waals surface area contributed by atoms with Gasteiger partial charge in [-0.2, -0.15) is 0 Å². The van der Waals surface area contributed by atoms with Crippen LogP contribution in [0, 0.1) is 0 Å². The Hall–Kier alpha value is -1.04. The van der Waals surface area contributed by atoms with Crippen molar-refractivity contribution in [2.24, 2.45) is 0 Å². The summed E-state index contributed by atoms with van der Waals surface area (Å²) in [5.41, 5.74) is 1.35. The smallest absolute Gasteiger partial charge is 0.195 e. The van der Waals surface area contributed by atoms with Gasteiger partial charge < -0.3 is 5.21 Å². The third-order valence-electron chi connectivity index (χ3n) is 2.48. The van der Waals surface area contributed by atoms with Crippen LogP contribution in [0.15, 0.2) is 5.03 Å². The molecule has 0 amide bonds. The number of fused-ring (bicyclic) bond motifs is 1. The SMILES string of the molecule is CS(=O)(=O)c1nn(O)c2c1CCCC2. The van der Waals surface area contributed by atoms with Crippen molar-refractivity contribution in [3.8, 4) is 0 Å². The van der Waals surface area contributed by atoms with Crippen molar-refractivity contribution in [3.63, 3.8) is 0 Å². The topological polar surface area (TPSA) is 72.2 Å². The molecule has 5 nitrogen and oxygen atoms in total. The van der Waals surface area contributed by atoms with Gasteiger partial charge in [0.15, 0.2) is 14.9 Å². The third kappa shape index (κ3) is 1.39. The van der Waals surface area contributed by atoms with Crippen LogP contribution in [-0.4, -0.2) is 29.8 Å². The second-order valence-corrected chi connectivity index (χ2v) is 5.53. The molecule has 2 rings (SSSR count). The van der Waals surface area contributed by atoms with Crippen molar-refractivity contribution in [1.82, 2.24) is 9.94 Å². The van der Waals surface area contributed by atoms with Gasteiger partial charge >= 0.3 is 0 Å². The molecule has 0 spiro atoms.